The number of para-hydroxylation sites is 2. The van der Waals surface area contributed by atoms with Gasteiger partial charge in [-0.1, -0.05) is 53.6 Å². The fourth-order valence-corrected chi connectivity index (χ4v) is 5.31. The van der Waals surface area contributed by atoms with E-state index in [1.807, 2.05) is 44.2 Å². The number of carbonyl (C=O) groups is 2. The molecule has 5 rings (SSSR count). The highest BCUT2D eigenvalue weighted by atomic mass is 35.5. The van der Waals surface area contributed by atoms with Gasteiger partial charge in [0.15, 0.2) is 11.5 Å². The van der Waals surface area contributed by atoms with Crippen LogP contribution in [0.2, 0.25) is 5.02 Å². The minimum atomic E-state index is -1.40. The number of aryl methyl sites for hydroxylation is 2. The van der Waals surface area contributed by atoms with Crippen molar-refractivity contribution >= 4 is 34.9 Å². The van der Waals surface area contributed by atoms with Gasteiger partial charge in [0, 0.05) is 11.3 Å². The third-order valence-corrected chi connectivity index (χ3v) is 7.04. The number of benzene rings is 3. The Morgan fingerprint density at radius 2 is 1.91 bits per heavy atom. The number of fused-ring (bicyclic) bond motifs is 4. The zero-order chi connectivity index (χ0) is 24.9. The first-order valence-electron chi connectivity index (χ1n) is 11.3. The Labute approximate surface area is 209 Å². The van der Waals surface area contributed by atoms with Crippen LogP contribution < -0.4 is 25.0 Å². The van der Waals surface area contributed by atoms with Crippen LogP contribution in [0.3, 0.4) is 0 Å². The number of methoxy groups -OCH3 is 1. The Balaban J connectivity index is 1.66. The fraction of sp³-hybridized carbons (Fsp3) is 0.259. The zero-order valence-electron chi connectivity index (χ0n) is 19.9. The number of nitrogens with zero attached hydrogens (tertiary/aromatic N) is 1. The number of rotatable bonds is 4. The summed E-state index contributed by atoms with van der Waals surface area (Å²) in [7, 11) is 1.56. The van der Waals surface area contributed by atoms with Gasteiger partial charge in [-0.3, -0.25) is 9.69 Å². The predicted octanol–water partition coefficient (Wildman–Crippen LogP) is 5.60. The molecule has 3 aromatic rings. The molecule has 8 heteroatoms. The number of urea groups is 1. The van der Waals surface area contributed by atoms with Crippen molar-refractivity contribution in [3.8, 4) is 11.5 Å². The quantitative estimate of drug-likeness (QED) is 0.498. The molecule has 2 aliphatic rings. The first kappa shape index (κ1) is 23.1. The highest BCUT2D eigenvalue weighted by Gasteiger charge is 2.61. The number of hydrogen-bond donors (Lipinski definition) is 2. The molecule has 0 saturated carbocycles. The summed E-state index contributed by atoms with van der Waals surface area (Å²) in [6.45, 7) is 5.69. The molecule has 180 valence electrons. The van der Waals surface area contributed by atoms with E-state index < -0.39 is 23.7 Å². The maximum atomic E-state index is 13.9. The molecule has 0 unspecified atom stereocenters. The number of carbonyl (C=O) groups excluding carboxylic acids is 2. The van der Waals surface area contributed by atoms with Gasteiger partial charge in [-0.15, -0.1) is 0 Å². The highest BCUT2D eigenvalue weighted by molar-refractivity contribution is 6.33. The lowest BCUT2D eigenvalue weighted by atomic mass is 9.78. The first-order valence-corrected chi connectivity index (χ1v) is 11.7. The van der Waals surface area contributed by atoms with Crippen LogP contribution in [0, 0.1) is 19.8 Å². The molecule has 0 aromatic heterocycles. The van der Waals surface area contributed by atoms with Crippen LogP contribution in [-0.4, -0.2) is 24.8 Å². The molecule has 1 fully saturated rings. The molecule has 3 atom stereocenters. The van der Waals surface area contributed by atoms with E-state index in [9.17, 15) is 9.59 Å². The standard InChI is InChI=1S/C27H26ClN3O4/c1-15-12-13-19(16(2)14-15)29-25(32)22-23-17-8-7-11-21(34-4)24(17)35-27(22,3)31(26(33)30-23)20-10-6-5-9-18(20)28/h5-14,22-23H,1-4H3,(H,29,32)(H,30,33)/t22-,23-,27-/m1/s1. The largest absolute Gasteiger partial charge is 0.493 e. The number of nitrogens with one attached hydrogen (secondary N) is 2. The maximum Gasteiger partial charge on any atom is 0.325 e. The number of amides is 3. The van der Waals surface area contributed by atoms with Crippen molar-refractivity contribution in [2.45, 2.75) is 32.5 Å². The second kappa shape index (κ2) is 8.50. The summed E-state index contributed by atoms with van der Waals surface area (Å²) in [5.74, 6) is -0.0934. The van der Waals surface area contributed by atoms with Crippen molar-refractivity contribution in [2.24, 2.45) is 5.92 Å². The van der Waals surface area contributed by atoms with E-state index >= 15 is 0 Å². The van der Waals surface area contributed by atoms with Crippen LogP contribution in [-0.2, 0) is 4.79 Å². The summed E-state index contributed by atoms with van der Waals surface area (Å²) in [4.78, 5) is 28.8. The topological polar surface area (TPSA) is 79.9 Å². The Hall–Kier alpha value is -3.71. The molecule has 2 aliphatic heterocycles. The van der Waals surface area contributed by atoms with Gasteiger partial charge in [-0.2, -0.15) is 0 Å². The molecule has 2 N–H and O–H groups in total. The fourth-order valence-electron chi connectivity index (χ4n) is 5.09. The second-order valence-electron chi connectivity index (χ2n) is 9.03. The van der Waals surface area contributed by atoms with Crippen molar-refractivity contribution in [1.82, 2.24) is 5.32 Å². The average Bonchev–Trinajstić information content (AvgIpc) is 2.81. The molecule has 3 amide bonds. The van der Waals surface area contributed by atoms with E-state index in [4.69, 9.17) is 21.1 Å². The zero-order valence-corrected chi connectivity index (χ0v) is 20.6. The van der Waals surface area contributed by atoms with Gasteiger partial charge >= 0.3 is 6.03 Å². The van der Waals surface area contributed by atoms with E-state index in [0.717, 1.165) is 11.1 Å². The van der Waals surface area contributed by atoms with Crippen molar-refractivity contribution in [2.75, 3.05) is 17.3 Å². The van der Waals surface area contributed by atoms with Gasteiger partial charge in [0.25, 0.3) is 0 Å². The minimum absolute atomic E-state index is 0.282. The van der Waals surface area contributed by atoms with Crippen molar-refractivity contribution in [3.05, 3.63) is 82.4 Å². The molecule has 0 radical (unpaired) electrons. The van der Waals surface area contributed by atoms with E-state index in [1.54, 1.807) is 44.4 Å². The monoisotopic (exact) mass is 491 g/mol. The molecule has 0 aliphatic carbocycles. The number of hydrogen-bond acceptors (Lipinski definition) is 4. The molecule has 1 saturated heterocycles. The van der Waals surface area contributed by atoms with E-state index in [1.165, 1.54) is 4.90 Å². The van der Waals surface area contributed by atoms with Crippen molar-refractivity contribution in [3.63, 3.8) is 0 Å². The summed E-state index contributed by atoms with van der Waals surface area (Å²) in [6.07, 6.45) is 0. The van der Waals surface area contributed by atoms with Crippen LogP contribution in [0.5, 0.6) is 11.5 Å². The number of anilines is 2. The Morgan fingerprint density at radius 1 is 1.14 bits per heavy atom. The third kappa shape index (κ3) is 3.67. The SMILES string of the molecule is COc1cccc2c1O[C@]1(C)[C@@H](C(=O)Nc3ccc(C)cc3C)[C@@H]2NC(=O)N1c1ccccc1Cl. The van der Waals surface area contributed by atoms with Gasteiger partial charge in [-0.25, -0.2) is 4.79 Å². The summed E-state index contributed by atoms with van der Waals surface area (Å²) >= 11 is 6.51. The third-order valence-electron chi connectivity index (χ3n) is 6.73. The lowest BCUT2D eigenvalue weighted by molar-refractivity contribution is -0.131. The van der Waals surface area contributed by atoms with Gasteiger partial charge in [0.1, 0.15) is 5.92 Å². The van der Waals surface area contributed by atoms with Crippen LogP contribution in [0.1, 0.15) is 29.7 Å². The molecule has 2 heterocycles. The molecule has 35 heavy (non-hydrogen) atoms. The smallest absolute Gasteiger partial charge is 0.325 e. The van der Waals surface area contributed by atoms with Gasteiger partial charge in [0.2, 0.25) is 11.6 Å². The summed E-state index contributed by atoms with van der Waals surface area (Å²) in [5, 5.41) is 6.46. The lowest BCUT2D eigenvalue weighted by Gasteiger charge is -2.54. The maximum absolute atomic E-state index is 13.9. The lowest BCUT2D eigenvalue weighted by Crippen LogP contribution is -2.72. The van der Waals surface area contributed by atoms with Gasteiger partial charge in [0.05, 0.1) is 23.9 Å². The molecular weight excluding hydrogens is 466 g/mol. The van der Waals surface area contributed by atoms with Gasteiger partial charge < -0.3 is 20.1 Å². The number of ether oxygens (including phenoxy) is 2. The summed E-state index contributed by atoms with van der Waals surface area (Å²) in [6, 6.07) is 17.2. The molecule has 7 nitrogen and oxygen atoms in total. The first-order chi connectivity index (χ1) is 16.7. The van der Waals surface area contributed by atoms with E-state index in [-0.39, 0.29) is 5.91 Å². The molecule has 3 aromatic carbocycles. The summed E-state index contributed by atoms with van der Waals surface area (Å²) in [5.41, 5.74) is 2.46. The molecule has 0 spiro atoms. The van der Waals surface area contributed by atoms with E-state index in [2.05, 4.69) is 10.6 Å². The predicted molar refractivity (Wildman–Crippen MR) is 135 cm³/mol. The average molecular weight is 492 g/mol. The minimum Gasteiger partial charge on any atom is -0.493 e. The van der Waals surface area contributed by atoms with Crippen LogP contribution in [0.25, 0.3) is 0 Å². The van der Waals surface area contributed by atoms with Crippen LogP contribution in [0.4, 0.5) is 16.2 Å². The highest BCUT2D eigenvalue weighted by Crippen LogP contribution is 2.53. The normalized spacial score (nSPS) is 22.5. The van der Waals surface area contributed by atoms with Crippen molar-refractivity contribution in [1.29, 1.82) is 0 Å². The molecular formula is C27H26ClN3O4. The van der Waals surface area contributed by atoms with E-state index in [0.29, 0.717) is 33.5 Å². The molecule has 2 bridgehead atoms. The van der Waals surface area contributed by atoms with Gasteiger partial charge in [-0.05, 0) is 50.6 Å². The Bertz CT molecular complexity index is 1340. The van der Waals surface area contributed by atoms with Crippen LogP contribution >= 0.6 is 11.6 Å². The van der Waals surface area contributed by atoms with Crippen LogP contribution in [0.15, 0.2) is 60.7 Å². The Morgan fingerprint density at radius 3 is 2.63 bits per heavy atom. The second-order valence-corrected chi connectivity index (χ2v) is 9.44. The Kier molecular flexibility index (Phi) is 5.60. The van der Waals surface area contributed by atoms with Crippen molar-refractivity contribution < 1.29 is 19.1 Å². The summed E-state index contributed by atoms with van der Waals surface area (Å²) < 4.78 is 12.1. The number of halogens is 1.